The number of benzene rings is 1. The smallest absolute Gasteiger partial charge is 0.0699 e. The summed E-state index contributed by atoms with van der Waals surface area (Å²) in [5.41, 5.74) is 9.00. The fraction of sp³-hybridized carbons (Fsp3) is 0.250. The van der Waals surface area contributed by atoms with Crippen molar-refractivity contribution in [1.29, 1.82) is 5.26 Å². The van der Waals surface area contributed by atoms with Crippen molar-refractivity contribution in [3.8, 4) is 6.07 Å². The summed E-state index contributed by atoms with van der Waals surface area (Å²) >= 11 is 12.3. The minimum Gasteiger partial charge on any atom is -0.396 e. The van der Waals surface area contributed by atoms with Crippen molar-refractivity contribution in [3.05, 3.63) is 32.8 Å². The Morgan fingerprint density at radius 3 is 2.81 bits per heavy atom. The van der Waals surface area contributed by atoms with Gasteiger partial charge in [0.15, 0.2) is 0 Å². The third-order valence-electron chi connectivity index (χ3n) is 2.75. The van der Waals surface area contributed by atoms with E-state index < -0.39 is 0 Å². The predicted molar refractivity (Wildman–Crippen MR) is 67.5 cm³/mol. The molecule has 1 aromatic carbocycles. The average Bonchev–Trinajstić information content (AvgIpc) is 2.32. The molecule has 0 saturated heterocycles. The Bertz CT molecular complexity index is 513. The van der Waals surface area contributed by atoms with Crippen LogP contribution in [-0.4, -0.2) is 0 Å². The van der Waals surface area contributed by atoms with E-state index >= 15 is 0 Å². The van der Waals surface area contributed by atoms with Crippen LogP contribution in [0.25, 0.3) is 6.08 Å². The number of anilines is 1. The first kappa shape index (κ1) is 11.3. The fourth-order valence-corrected chi connectivity index (χ4v) is 2.57. The van der Waals surface area contributed by atoms with Gasteiger partial charge in [0.25, 0.3) is 0 Å². The summed E-state index contributed by atoms with van der Waals surface area (Å²) in [6.07, 6.45) is 6.09. The van der Waals surface area contributed by atoms with Crippen LogP contribution < -0.4 is 5.73 Å². The van der Waals surface area contributed by atoms with Gasteiger partial charge in [-0.2, -0.15) is 5.26 Å². The lowest BCUT2D eigenvalue weighted by Gasteiger charge is -2.19. The highest BCUT2D eigenvalue weighted by Gasteiger charge is 2.20. The van der Waals surface area contributed by atoms with Gasteiger partial charge in [-0.25, -0.2) is 0 Å². The van der Waals surface area contributed by atoms with Gasteiger partial charge in [-0.3, -0.25) is 0 Å². The molecule has 2 nitrogen and oxygen atoms in total. The Labute approximate surface area is 104 Å². The first-order valence-electron chi connectivity index (χ1n) is 4.98. The van der Waals surface area contributed by atoms with Crippen molar-refractivity contribution < 1.29 is 0 Å². The van der Waals surface area contributed by atoms with Crippen LogP contribution in [0.3, 0.4) is 0 Å². The summed E-state index contributed by atoms with van der Waals surface area (Å²) in [4.78, 5) is 0. The minimum atomic E-state index is 0.257. The summed E-state index contributed by atoms with van der Waals surface area (Å²) < 4.78 is 0. The second-order valence-corrected chi connectivity index (χ2v) is 4.44. The molecule has 1 aromatic rings. The lowest BCUT2D eigenvalue weighted by atomic mass is 9.91. The van der Waals surface area contributed by atoms with Gasteiger partial charge in [-0.15, -0.1) is 0 Å². The zero-order chi connectivity index (χ0) is 11.7. The van der Waals surface area contributed by atoms with E-state index in [1.165, 1.54) is 0 Å². The number of nitrogens with two attached hydrogens (primary N) is 1. The molecule has 0 aromatic heterocycles. The van der Waals surface area contributed by atoms with Gasteiger partial charge in [-0.1, -0.05) is 35.4 Å². The Hall–Kier alpha value is -1.17. The van der Waals surface area contributed by atoms with E-state index in [1.54, 1.807) is 0 Å². The number of nitrogens with zero attached hydrogens (tertiary/aromatic N) is 1. The largest absolute Gasteiger partial charge is 0.396 e. The van der Waals surface area contributed by atoms with E-state index in [-0.39, 0.29) is 6.42 Å². The maximum Gasteiger partial charge on any atom is 0.0699 e. The van der Waals surface area contributed by atoms with E-state index in [0.29, 0.717) is 15.7 Å². The first-order valence-corrected chi connectivity index (χ1v) is 5.74. The zero-order valence-corrected chi connectivity index (χ0v) is 10.1. The average molecular weight is 253 g/mol. The van der Waals surface area contributed by atoms with Crippen LogP contribution >= 0.6 is 23.2 Å². The molecule has 0 radical (unpaired) electrons. The molecule has 0 amide bonds. The molecule has 1 aliphatic rings. The van der Waals surface area contributed by atoms with Gasteiger partial charge in [0.2, 0.25) is 0 Å². The maximum absolute atomic E-state index is 8.80. The van der Waals surface area contributed by atoms with Gasteiger partial charge in [0.05, 0.1) is 28.2 Å². The van der Waals surface area contributed by atoms with Crippen LogP contribution in [-0.2, 0) is 12.8 Å². The Kier molecular flexibility index (Phi) is 3.09. The topological polar surface area (TPSA) is 49.8 Å². The third kappa shape index (κ3) is 1.67. The lowest BCUT2D eigenvalue weighted by Crippen LogP contribution is -2.05. The number of rotatable bonds is 1. The number of nitrogen functional groups attached to an aromatic ring is 1. The molecule has 0 atom stereocenters. The number of halogens is 2. The summed E-state index contributed by atoms with van der Waals surface area (Å²) in [6, 6.07) is 2.10. The summed E-state index contributed by atoms with van der Waals surface area (Å²) in [5, 5.41) is 9.75. The Morgan fingerprint density at radius 1 is 1.38 bits per heavy atom. The summed E-state index contributed by atoms with van der Waals surface area (Å²) in [7, 11) is 0. The molecule has 0 unspecified atom stereocenters. The molecular weight excluding hydrogens is 243 g/mol. The van der Waals surface area contributed by atoms with Crippen LogP contribution in [0.15, 0.2) is 6.08 Å². The Balaban J connectivity index is 2.75. The SMILES string of the molecule is N#CCc1c(Cl)c(N)c(Cl)c2c1C=CCC2. The number of allylic oxidation sites excluding steroid dienone is 1. The molecule has 2 rings (SSSR count). The summed E-state index contributed by atoms with van der Waals surface area (Å²) in [6.45, 7) is 0. The highest BCUT2D eigenvalue weighted by atomic mass is 35.5. The number of hydrogen-bond acceptors (Lipinski definition) is 2. The molecule has 0 saturated carbocycles. The monoisotopic (exact) mass is 252 g/mol. The van der Waals surface area contributed by atoms with Gasteiger partial charge in [-0.05, 0) is 29.5 Å². The summed E-state index contributed by atoms with van der Waals surface area (Å²) in [5.74, 6) is 0. The van der Waals surface area contributed by atoms with Crippen LogP contribution in [0.2, 0.25) is 10.0 Å². The van der Waals surface area contributed by atoms with Gasteiger partial charge >= 0.3 is 0 Å². The first-order chi connectivity index (χ1) is 7.66. The van der Waals surface area contributed by atoms with Crippen molar-refractivity contribution in [1.82, 2.24) is 0 Å². The van der Waals surface area contributed by atoms with E-state index in [0.717, 1.165) is 29.5 Å². The lowest BCUT2D eigenvalue weighted by molar-refractivity contribution is 0.978. The molecule has 2 N–H and O–H groups in total. The van der Waals surface area contributed by atoms with E-state index in [4.69, 9.17) is 34.2 Å². The van der Waals surface area contributed by atoms with Gasteiger partial charge in [0, 0.05) is 0 Å². The number of fused-ring (bicyclic) bond motifs is 1. The van der Waals surface area contributed by atoms with Crippen LogP contribution in [0.5, 0.6) is 0 Å². The van der Waals surface area contributed by atoms with Gasteiger partial charge in [0.1, 0.15) is 0 Å². The molecule has 16 heavy (non-hydrogen) atoms. The highest BCUT2D eigenvalue weighted by molar-refractivity contribution is 6.40. The van der Waals surface area contributed by atoms with Crippen molar-refractivity contribution in [2.75, 3.05) is 5.73 Å². The van der Waals surface area contributed by atoms with Crippen molar-refractivity contribution in [3.63, 3.8) is 0 Å². The fourth-order valence-electron chi connectivity index (χ4n) is 1.97. The maximum atomic E-state index is 8.80. The molecule has 4 heteroatoms. The third-order valence-corrected chi connectivity index (χ3v) is 3.62. The zero-order valence-electron chi connectivity index (χ0n) is 8.56. The van der Waals surface area contributed by atoms with Crippen LogP contribution in [0.1, 0.15) is 23.1 Å². The molecule has 0 aliphatic heterocycles. The Morgan fingerprint density at radius 2 is 2.12 bits per heavy atom. The molecule has 0 bridgehead atoms. The minimum absolute atomic E-state index is 0.257. The predicted octanol–water partition coefficient (Wildman–Crippen LogP) is 3.60. The molecule has 0 fully saturated rings. The molecule has 82 valence electrons. The quantitative estimate of drug-likeness (QED) is 0.777. The highest BCUT2D eigenvalue weighted by Crippen LogP contribution is 2.40. The molecular formula is C12H10Cl2N2. The van der Waals surface area contributed by atoms with Gasteiger partial charge < -0.3 is 5.73 Å². The number of nitriles is 1. The van der Waals surface area contributed by atoms with Crippen LogP contribution in [0, 0.1) is 11.3 Å². The van der Waals surface area contributed by atoms with E-state index in [1.807, 2.05) is 6.08 Å². The second-order valence-electron chi connectivity index (χ2n) is 3.69. The second kappa shape index (κ2) is 4.37. The van der Waals surface area contributed by atoms with Crippen molar-refractivity contribution in [2.45, 2.75) is 19.3 Å². The standard InChI is InChI=1S/C12H10Cl2N2/c13-10-8-4-2-1-3-7(8)9(5-6-15)11(14)12(10)16/h1,3H,2,4-5,16H2. The molecule has 1 aliphatic carbocycles. The van der Waals surface area contributed by atoms with Crippen LogP contribution in [0.4, 0.5) is 5.69 Å². The van der Waals surface area contributed by atoms with E-state index in [9.17, 15) is 0 Å². The molecule has 0 spiro atoms. The number of hydrogen-bond donors (Lipinski definition) is 1. The van der Waals surface area contributed by atoms with Crippen molar-refractivity contribution >= 4 is 35.0 Å². The normalized spacial score (nSPS) is 13.3. The van der Waals surface area contributed by atoms with Crippen molar-refractivity contribution in [2.24, 2.45) is 0 Å². The van der Waals surface area contributed by atoms with E-state index in [2.05, 4.69) is 12.1 Å². The molecule has 0 heterocycles.